The van der Waals surface area contributed by atoms with E-state index in [9.17, 15) is 19.1 Å². The fourth-order valence-corrected chi connectivity index (χ4v) is 2.40. The first kappa shape index (κ1) is 20.0. The van der Waals surface area contributed by atoms with Gasteiger partial charge in [-0.1, -0.05) is 12.1 Å². The number of halogens is 1. The number of benzene rings is 1. The molecule has 2 aromatic rings. The number of carbonyl (C=O) groups is 2. The Balaban J connectivity index is 1.91. The van der Waals surface area contributed by atoms with Crippen LogP contribution in [0.2, 0.25) is 0 Å². The summed E-state index contributed by atoms with van der Waals surface area (Å²) in [4.78, 5) is 27.2. The van der Waals surface area contributed by atoms with Crippen LogP contribution in [-0.4, -0.2) is 34.2 Å². The van der Waals surface area contributed by atoms with Gasteiger partial charge in [-0.3, -0.25) is 9.59 Å². The molecule has 0 bridgehead atoms. The van der Waals surface area contributed by atoms with Gasteiger partial charge in [0.1, 0.15) is 18.2 Å². The Morgan fingerprint density at radius 1 is 1.30 bits per heavy atom. The molecule has 0 aliphatic rings. The molecule has 142 valence electrons. The molecule has 0 radical (unpaired) electrons. The van der Waals surface area contributed by atoms with Gasteiger partial charge in [0.15, 0.2) is 17.4 Å². The molecule has 0 amide bonds. The molecule has 1 heterocycles. The SMILES string of the molecule is CC(=N)/C(C(C)=O)=C(/O)COC(=O)CCc1ncc(-c2ccccc2F)o1. The number of carbonyl (C=O) groups excluding carboxylic acids is 2. The molecule has 2 N–H and O–H groups in total. The molecule has 0 saturated carbocycles. The highest BCUT2D eigenvalue weighted by molar-refractivity contribution is 6.19. The number of Topliss-reactive ketones (excluding diaryl/α,β-unsaturated/α-hetero) is 1. The zero-order valence-corrected chi connectivity index (χ0v) is 14.9. The highest BCUT2D eigenvalue weighted by Gasteiger charge is 2.16. The van der Waals surface area contributed by atoms with E-state index in [0.717, 1.165) is 0 Å². The highest BCUT2D eigenvalue weighted by Crippen LogP contribution is 2.23. The third kappa shape index (κ3) is 5.34. The van der Waals surface area contributed by atoms with Crippen molar-refractivity contribution < 1.29 is 28.2 Å². The van der Waals surface area contributed by atoms with Crippen molar-refractivity contribution in [2.45, 2.75) is 26.7 Å². The molecule has 0 unspecified atom stereocenters. The number of esters is 1. The second-order valence-electron chi connectivity index (χ2n) is 5.76. The number of nitrogens with zero attached hydrogens (tertiary/aromatic N) is 1. The van der Waals surface area contributed by atoms with Gasteiger partial charge in [0.2, 0.25) is 0 Å². The first-order valence-electron chi connectivity index (χ1n) is 8.13. The maximum Gasteiger partial charge on any atom is 0.306 e. The first-order chi connectivity index (χ1) is 12.8. The summed E-state index contributed by atoms with van der Waals surface area (Å²) in [5, 5.41) is 17.3. The van der Waals surface area contributed by atoms with Crippen molar-refractivity contribution in [2.75, 3.05) is 6.61 Å². The van der Waals surface area contributed by atoms with E-state index in [4.69, 9.17) is 14.6 Å². The van der Waals surface area contributed by atoms with Crippen LogP contribution in [0.1, 0.15) is 26.2 Å². The summed E-state index contributed by atoms with van der Waals surface area (Å²) in [5.74, 6) is -1.55. The van der Waals surface area contributed by atoms with Crippen molar-refractivity contribution in [2.24, 2.45) is 0 Å². The Kier molecular flexibility index (Phi) is 6.59. The number of allylic oxidation sites excluding steroid dienone is 1. The summed E-state index contributed by atoms with van der Waals surface area (Å²) in [6.07, 6.45) is 1.42. The maximum absolute atomic E-state index is 13.7. The molecule has 1 aromatic heterocycles. The van der Waals surface area contributed by atoms with Crippen molar-refractivity contribution >= 4 is 17.5 Å². The zero-order valence-electron chi connectivity index (χ0n) is 14.9. The predicted molar refractivity (Wildman–Crippen MR) is 94.9 cm³/mol. The number of rotatable bonds is 8. The Bertz CT molecular complexity index is 885. The molecule has 0 fully saturated rings. The lowest BCUT2D eigenvalue weighted by atomic mass is 10.1. The van der Waals surface area contributed by atoms with Gasteiger partial charge >= 0.3 is 5.97 Å². The first-order valence-corrected chi connectivity index (χ1v) is 8.13. The van der Waals surface area contributed by atoms with Crippen molar-refractivity contribution in [3.8, 4) is 11.3 Å². The van der Waals surface area contributed by atoms with Crippen molar-refractivity contribution in [1.82, 2.24) is 4.98 Å². The molecule has 2 rings (SSSR count). The van der Waals surface area contributed by atoms with Crippen LogP contribution in [-0.2, 0) is 20.7 Å². The van der Waals surface area contributed by atoms with E-state index in [0.29, 0.717) is 0 Å². The predicted octanol–water partition coefficient (Wildman–Crippen LogP) is 3.40. The number of aryl methyl sites for hydroxylation is 1. The zero-order chi connectivity index (χ0) is 20.0. The molecule has 0 spiro atoms. The molecular weight excluding hydrogens is 355 g/mol. The third-order valence-electron chi connectivity index (χ3n) is 3.62. The second kappa shape index (κ2) is 8.88. The van der Waals surface area contributed by atoms with Crippen molar-refractivity contribution in [3.63, 3.8) is 0 Å². The summed E-state index contributed by atoms with van der Waals surface area (Å²) in [6.45, 7) is 2.06. The van der Waals surface area contributed by atoms with E-state index < -0.39 is 29.9 Å². The van der Waals surface area contributed by atoms with Gasteiger partial charge in [0.05, 0.1) is 23.8 Å². The van der Waals surface area contributed by atoms with Crippen LogP contribution in [0.25, 0.3) is 11.3 Å². The lowest BCUT2D eigenvalue weighted by molar-refractivity contribution is -0.143. The molecule has 0 aliphatic carbocycles. The van der Waals surface area contributed by atoms with Crippen LogP contribution in [0.3, 0.4) is 0 Å². The van der Waals surface area contributed by atoms with E-state index in [-0.39, 0.29) is 41.3 Å². The van der Waals surface area contributed by atoms with E-state index in [1.165, 1.54) is 26.1 Å². The molecular formula is C19H19FN2O5. The topological polar surface area (TPSA) is 113 Å². The van der Waals surface area contributed by atoms with Gasteiger partial charge in [-0.25, -0.2) is 9.37 Å². The number of nitrogens with one attached hydrogen (secondary N) is 1. The summed E-state index contributed by atoms with van der Waals surface area (Å²) >= 11 is 0. The van der Waals surface area contributed by atoms with E-state index in [2.05, 4.69) is 4.98 Å². The Morgan fingerprint density at radius 3 is 2.63 bits per heavy atom. The molecule has 8 heteroatoms. The summed E-state index contributed by atoms with van der Waals surface area (Å²) in [6, 6.07) is 6.10. The monoisotopic (exact) mass is 374 g/mol. The number of aliphatic hydroxyl groups is 1. The number of hydrogen-bond acceptors (Lipinski definition) is 7. The average Bonchev–Trinajstić information content (AvgIpc) is 3.06. The minimum atomic E-state index is -0.641. The number of aromatic nitrogens is 1. The van der Waals surface area contributed by atoms with Crippen LogP contribution in [0.5, 0.6) is 0 Å². The average molecular weight is 374 g/mol. The van der Waals surface area contributed by atoms with Gasteiger partial charge in [-0.05, 0) is 26.0 Å². The Labute approximate surface area is 155 Å². The fourth-order valence-electron chi connectivity index (χ4n) is 2.40. The molecule has 27 heavy (non-hydrogen) atoms. The number of ketones is 1. The standard InChI is InChI=1S/C19H19FN2O5/c1-11(21)19(12(2)23)15(24)10-26-18(25)8-7-17-22-9-16(27-17)13-5-3-4-6-14(13)20/h3-6,9,21,24H,7-8,10H2,1-2H3/b19-15-,21-11?. The maximum atomic E-state index is 13.7. The van der Waals surface area contributed by atoms with E-state index in [1.807, 2.05) is 0 Å². The lowest BCUT2D eigenvalue weighted by Gasteiger charge is -2.07. The largest absolute Gasteiger partial charge is 0.508 e. The normalized spacial score (nSPS) is 11.7. The molecule has 1 aromatic carbocycles. The van der Waals surface area contributed by atoms with Gasteiger partial charge in [0.25, 0.3) is 0 Å². The van der Waals surface area contributed by atoms with E-state index >= 15 is 0 Å². The van der Waals surface area contributed by atoms with Crippen LogP contribution in [0.4, 0.5) is 4.39 Å². The Hall–Kier alpha value is -3.29. The molecule has 0 aliphatic heterocycles. The van der Waals surface area contributed by atoms with Crippen LogP contribution in [0.15, 0.2) is 46.2 Å². The minimum absolute atomic E-state index is 0.0799. The van der Waals surface area contributed by atoms with Gasteiger partial charge in [-0.2, -0.15) is 0 Å². The summed E-state index contributed by atoms with van der Waals surface area (Å²) in [7, 11) is 0. The summed E-state index contributed by atoms with van der Waals surface area (Å²) < 4.78 is 24.1. The quantitative estimate of drug-likeness (QED) is 0.317. The number of hydrogen-bond donors (Lipinski definition) is 2. The number of oxazole rings is 1. The van der Waals surface area contributed by atoms with E-state index in [1.54, 1.807) is 18.2 Å². The van der Waals surface area contributed by atoms with Gasteiger partial charge < -0.3 is 19.7 Å². The fraction of sp³-hybridized carbons (Fsp3) is 0.263. The van der Waals surface area contributed by atoms with Crippen LogP contribution < -0.4 is 0 Å². The third-order valence-corrected chi connectivity index (χ3v) is 3.62. The Morgan fingerprint density at radius 2 is 2.00 bits per heavy atom. The smallest absolute Gasteiger partial charge is 0.306 e. The summed E-state index contributed by atoms with van der Waals surface area (Å²) in [5.41, 5.74) is -0.0193. The minimum Gasteiger partial charge on any atom is -0.508 e. The van der Waals surface area contributed by atoms with Crippen molar-refractivity contribution in [1.29, 1.82) is 5.41 Å². The number of aliphatic hydroxyl groups excluding tert-OH is 1. The van der Waals surface area contributed by atoms with Crippen LogP contribution in [0, 0.1) is 11.2 Å². The lowest BCUT2D eigenvalue weighted by Crippen LogP contribution is -2.15. The van der Waals surface area contributed by atoms with Gasteiger partial charge in [-0.15, -0.1) is 0 Å². The number of ether oxygens (including phenoxy) is 1. The van der Waals surface area contributed by atoms with Gasteiger partial charge in [0, 0.05) is 12.1 Å². The van der Waals surface area contributed by atoms with Crippen LogP contribution >= 0.6 is 0 Å². The molecule has 0 saturated heterocycles. The molecule has 0 atom stereocenters. The second-order valence-corrected chi connectivity index (χ2v) is 5.76. The van der Waals surface area contributed by atoms with Crippen molar-refractivity contribution in [3.05, 3.63) is 53.5 Å². The highest BCUT2D eigenvalue weighted by atomic mass is 19.1. The molecule has 7 nitrogen and oxygen atoms in total.